The summed E-state index contributed by atoms with van der Waals surface area (Å²) in [5, 5.41) is 5.85. The molecule has 2 atom stereocenters. The van der Waals surface area contributed by atoms with Gasteiger partial charge in [-0.15, -0.1) is 0 Å². The Balaban J connectivity index is 1.48. The Morgan fingerprint density at radius 2 is 1.58 bits per heavy atom. The lowest BCUT2D eigenvalue weighted by Crippen LogP contribution is -2.49. The van der Waals surface area contributed by atoms with Crippen LogP contribution in [-0.4, -0.2) is 69.5 Å². The molecular formula is C34H39N3O6. The topological polar surface area (TPSA) is 114 Å². The lowest BCUT2D eigenvalue weighted by molar-refractivity contribution is -0.140. The summed E-state index contributed by atoms with van der Waals surface area (Å²) in [6.45, 7) is 1.01. The number of likely N-dealkylation sites (N-methyl/N-ethyl adjacent to an activating group) is 1. The molecule has 0 bridgehead atoms. The molecular weight excluding hydrogens is 546 g/mol. The van der Waals surface area contributed by atoms with Gasteiger partial charge in [0.1, 0.15) is 5.75 Å². The summed E-state index contributed by atoms with van der Waals surface area (Å²) in [6, 6.07) is 24.2. The molecule has 1 unspecified atom stereocenters. The second-order valence-corrected chi connectivity index (χ2v) is 10.6. The molecule has 9 nitrogen and oxygen atoms in total. The van der Waals surface area contributed by atoms with Crippen LogP contribution >= 0.6 is 0 Å². The van der Waals surface area contributed by atoms with Crippen LogP contribution in [0.25, 0.3) is 0 Å². The Bertz CT molecular complexity index is 1440. The predicted molar refractivity (Wildman–Crippen MR) is 163 cm³/mol. The van der Waals surface area contributed by atoms with E-state index in [1.165, 1.54) is 14.2 Å². The molecule has 226 valence electrons. The molecule has 9 heteroatoms. The van der Waals surface area contributed by atoms with Gasteiger partial charge in [-0.3, -0.25) is 19.2 Å². The molecule has 0 fully saturated rings. The lowest BCUT2D eigenvalue weighted by Gasteiger charge is -2.41. The molecule has 1 aliphatic carbocycles. The first kappa shape index (κ1) is 31.3. The molecule has 3 aromatic rings. The van der Waals surface area contributed by atoms with E-state index in [1.807, 2.05) is 54.6 Å². The predicted octanol–water partition coefficient (Wildman–Crippen LogP) is 3.82. The van der Waals surface area contributed by atoms with Gasteiger partial charge in [0.2, 0.25) is 11.8 Å². The fourth-order valence-corrected chi connectivity index (χ4v) is 5.84. The van der Waals surface area contributed by atoms with Crippen LogP contribution in [0.4, 0.5) is 0 Å². The second-order valence-electron chi connectivity index (χ2n) is 10.6. The quantitative estimate of drug-likeness (QED) is 0.247. The number of methoxy groups -OCH3 is 2. The Morgan fingerprint density at radius 1 is 0.884 bits per heavy atom. The Labute approximate surface area is 252 Å². The summed E-state index contributed by atoms with van der Waals surface area (Å²) < 4.78 is 10.00. The monoisotopic (exact) mass is 585 g/mol. The summed E-state index contributed by atoms with van der Waals surface area (Å²) in [7, 11) is 4.61. The molecule has 3 amide bonds. The van der Waals surface area contributed by atoms with Gasteiger partial charge < -0.3 is 25.0 Å². The Morgan fingerprint density at radius 3 is 2.33 bits per heavy atom. The van der Waals surface area contributed by atoms with E-state index in [1.54, 1.807) is 36.2 Å². The molecule has 0 heterocycles. The number of fused-ring (bicyclic) bond motifs is 1. The van der Waals surface area contributed by atoms with E-state index in [0.717, 1.165) is 16.7 Å². The normalized spacial score (nSPS) is 17.2. The first-order chi connectivity index (χ1) is 20.8. The van der Waals surface area contributed by atoms with Gasteiger partial charge in [0, 0.05) is 26.7 Å². The van der Waals surface area contributed by atoms with Crippen molar-refractivity contribution in [2.45, 2.75) is 37.0 Å². The maximum Gasteiger partial charge on any atom is 0.307 e. The highest BCUT2D eigenvalue weighted by atomic mass is 16.5. The summed E-state index contributed by atoms with van der Waals surface area (Å²) >= 11 is 0. The third-order valence-electron chi connectivity index (χ3n) is 8.08. The van der Waals surface area contributed by atoms with Gasteiger partial charge in [0.15, 0.2) is 0 Å². The number of nitrogens with one attached hydrogen (secondary N) is 2. The summed E-state index contributed by atoms with van der Waals surface area (Å²) in [5.41, 5.74) is 1.90. The minimum absolute atomic E-state index is 0.0312. The third kappa shape index (κ3) is 6.88. The van der Waals surface area contributed by atoms with E-state index in [2.05, 4.69) is 10.6 Å². The van der Waals surface area contributed by atoms with E-state index >= 15 is 0 Å². The zero-order valence-corrected chi connectivity index (χ0v) is 24.9. The van der Waals surface area contributed by atoms with Crippen molar-refractivity contribution in [2.24, 2.45) is 0 Å². The highest BCUT2D eigenvalue weighted by Gasteiger charge is 2.48. The SMILES string of the molecule is COC(=O)CCNC(=O)C1(c2ccccc2)CC[C@@H](C(=O)N(C)CCCNC(=O)c2ccccc2OC)c2ccccc21. The van der Waals surface area contributed by atoms with Crippen LogP contribution in [-0.2, 0) is 24.5 Å². The molecule has 3 aromatic carbocycles. The highest BCUT2D eigenvalue weighted by Crippen LogP contribution is 2.47. The fourth-order valence-electron chi connectivity index (χ4n) is 5.84. The second kappa shape index (κ2) is 14.5. The van der Waals surface area contributed by atoms with Crippen LogP contribution < -0.4 is 15.4 Å². The number of amides is 3. The average Bonchev–Trinajstić information content (AvgIpc) is 3.05. The van der Waals surface area contributed by atoms with Crippen LogP contribution in [0, 0.1) is 0 Å². The number of carbonyl (C=O) groups excluding carboxylic acids is 4. The number of rotatable bonds is 12. The minimum atomic E-state index is -1.01. The third-order valence-corrected chi connectivity index (χ3v) is 8.08. The van der Waals surface area contributed by atoms with E-state index in [-0.39, 0.29) is 30.7 Å². The smallest absolute Gasteiger partial charge is 0.307 e. The molecule has 0 aromatic heterocycles. The number of benzene rings is 3. The highest BCUT2D eigenvalue weighted by molar-refractivity contribution is 5.97. The van der Waals surface area contributed by atoms with Crippen molar-refractivity contribution in [3.8, 4) is 5.75 Å². The average molecular weight is 586 g/mol. The Hall–Kier alpha value is -4.66. The van der Waals surface area contributed by atoms with Gasteiger partial charge in [-0.05, 0) is 48.1 Å². The summed E-state index contributed by atoms with van der Waals surface area (Å²) in [6.07, 6.45) is 1.55. The first-order valence-electron chi connectivity index (χ1n) is 14.5. The van der Waals surface area contributed by atoms with Crippen molar-refractivity contribution in [3.05, 3.63) is 101 Å². The number of nitrogens with zero attached hydrogens (tertiary/aromatic N) is 1. The number of para-hydroxylation sites is 1. The molecule has 0 radical (unpaired) electrons. The first-order valence-corrected chi connectivity index (χ1v) is 14.5. The van der Waals surface area contributed by atoms with Gasteiger partial charge in [-0.2, -0.15) is 0 Å². The van der Waals surface area contributed by atoms with Crippen LogP contribution in [0.15, 0.2) is 78.9 Å². The fraction of sp³-hybridized carbons (Fsp3) is 0.353. The maximum absolute atomic E-state index is 13.9. The number of hydrogen-bond donors (Lipinski definition) is 2. The molecule has 43 heavy (non-hydrogen) atoms. The van der Waals surface area contributed by atoms with Gasteiger partial charge in [0.25, 0.3) is 5.91 Å². The van der Waals surface area contributed by atoms with Crippen molar-refractivity contribution in [1.82, 2.24) is 15.5 Å². The van der Waals surface area contributed by atoms with Crippen LogP contribution in [0.2, 0.25) is 0 Å². The minimum Gasteiger partial charge on any atom is -0.496 e. The van der Waals surface area contributed by atoms with Crippen LogP contribution in [0.5, 0.6) is 5.75 Å². The number of ether oxygens (including phenoxy) is 2. The van der Waals surface area contributed by atoms with Crippen molar-refractivity contribution in [3.63, 3.8) is 0 Å². The summed E-state index contributed by atoms with van der Waals surface area (Å²) in [5.74, 6) is -0.770. The van der Waals surface area contributed by atoms with Gasteiger partial charge in [-0.25, -0.2) is 0 Å². The van der Waals surface area contributed by atoms with Crippen LogP contribution in [0.1, 0.15) is 58.6 Å². The molecule has 0 spiro atoms. The van der Waals surface area contributed by atoms with Gasteiger partial charge >= 0.3 is 5.97 Å². The molecule has 4 rings (SSSR count). The zero-order chi connectivity index (χ0) is 30.8. The van der Waals surface area contributed by atoms with Crippen molar-refractivity contribution in [1.29, 1.82) is 0 Å². The van der Waals surface area contributed by atoms with E-state index < -0.39 is 17.3 Å². The van der Waals surface area contributed by atoms with Crippen LogP contribution in [0.3, 0.4) is 0 Å². The lowest BCUT2D eigenvalue weighted by atomic mass is 9.62. The molecule has 1 aliphatic rings. The van der Waals surface area contributed by atoms with E-state index in [0.29, 0.717) is 43.7 Å². The zero-order valence-electron chi connectivity index (χ0n) is 24.9. The van der Waals surface area contributed by atoms with E-state index in [9.17, 15) is 19.2 Å². The van der Waals surface area contributed by atoms with Gasteiger partial charge in [-0.1, -0.05) is 66.7 Å². The molecule has 0 aliphatic heterocycles. The number of carbonyl (C=O) groups is 4. The Kier molecular flexibility index (Phi) is 10.5. The maximum atomic E-state index is 13.9. The molecule has 0 saturated heterocycles. The summed E-state index contributed by atoms with van der Waals surface area (Å²) in [4.78, 5) is 53.7. The van der Waals surface area contributed by atoms with Crippen molar-refractivity contribution < 1.29 is 28.7 Å². The van der Waals surface area contributed by atoms with Gasteiger partial charge in [0.05, 0.1) is 37.5 Å². The van der Waals surface area contributed by atoms with Crippen molar-refractivity contribution in [2.75, 3.05) is 40.9 Å². The van der Waals surface area contributed by atoms with E-state index in [4.69, 9.17) is 9.47 Å². The standard InChI is InChI=1S/C34H39N3O6/c1-37(23-11-21-35-31(39)27-15-8-10-17-29(27)42-2)32(40)26-18-20-34(24-12-5-4-6-13-24,28-16-9-7-14-25(26)28)33(41)36-22-19-30(38)43-3/h4-10,12-17,26H,11,18-23H2,1-3H3,(H,35,39)(H,36,41)/t26-,34?/m1/s1. The molecule has 2 N–H and O–H groups in total. The largest absolute Gasteiger partial charge is 0.496 e. The molecule has 0 saturated carbocycles. The number of esters is 1. The van der Waals surface area contributed by atoms with Crippen molar-refractivity contribution >= 4 is 23.7 Å². The number of hydrogen-bond acceptors (Lipinski definition) is 6.